The second-order valence-electron chi connectivity index (χ2n) is 5.37. The molecule has 1 N–H and O–H groups in total. The van der Waals surface area contributed by atoms with Gasteiger partial charge in [-0.3, -0.25) is 0 Å². The fourth-order valence-electron chi connectivity index (χ4n) is 2.18. The maximum Gasteiger partial charge on any atom is 0.342 e. The third-order valence-corrected chi connectivity index (χ3v) is 3.54. The topological polar surface area (TPSA) is 65.0 Å². The van der Waals surface area contributed by atoms with E-state index in [2.05, 4.69) is 0 Å². The molecule has 2 aromatic rings. The Kier molecular flexibility index (Phi) is 4.43. The number of hydrogen-bond donors (Lipinski definition) is 1. The van der Waals surface area contributed by atoms with Gasteiger partial charge < -0.3 is 19.3 Å². The molecule has 0 unspecified atom stereocenters. The molecule has 0 bridgehead atoms. The molecule has 0 saturated heterocycles. The number of carboxylic acid groups (broad SMARTS) is 1. The normalized spacial score (nSPS) is 13.4. The van der Waals surface area contributed by atoms with Crippen LogP contribution in [0.3, 0.4) is 0 Å². The molecule has 2 aromatic carbocycles. The van der Waals surface area contributed by atoms with Crippen LogP contribution in [0.25, 0.3) is 0 Å². The minimum Gasteiger partial charge on any atom is -0.490 e. The average molecular weight is 354 g/mol. The Morgan fingerprint density at radius 1 is 1.04 bits per heavy atom. The van der Waals surface area contributed by atoms with Crippen molar-refractivity contribution in [2.45, 2.75) is 18.9 Å². The van der Waals surface area contributed by atoms with Gasteiger partial charge in [0, 0.05) is 0 Å². The van der Waals surface area contributed by atoms with Crippen LogP contribution in [0.4, 0.5) is 13.2 Å². The van der Waals surface area contributed by atoms with E-state index >= 15 is 0 Å². The second kappa shape index (κ2) is 6.54. The van der Waals surface area contributed by atoms with Crippen LogP contribution in [-0.4, -0.2) is 24.3 Å². The summed E-state index contributed by atoms with van der Waals surface area (Å²) in [5.74, 6) is -6.60. The summed E-state index contributed by atoms with van der Waals surface area (Å²) < 4.78 is 56.8. The Bertz CT molecular complexity index is 834. The summed E-state index contributed by atoms with van der Waals surface area (Å²) in [5, 5.41) is 9.28. The number of ether oxygens (including phenoxy) is 3. The van der Waals surface area contributed by atoms with Crippen molar-refractivity contribution in [3.63, 3.8) is 0 Å². The van der Waals surface area contributed by atoms with E-state index in [9.17, 15) is 23.1 Å². The minimum absolute atomic E-state index is 0.130. The number of methoxy groups -OCH3 is 1. The van der Waals surface area contributed by atoms with Gasteiger partial charge in [0.15, 0.2) is 23.1 Å². The average Bonchev–Trinajstić information content (AvgIpc) is 3.37. The zero-order chi connectivity index (χ0) is 18.1. The zero-order valence-corrected chi connectivity index (χ0v) is 13.0. The summed E-state index contributed by atoms with van der Waals surface area (Å²) in [6.07, 6.45) is 1.41. The van der Waals surface area contributed by atoms with E-state index in [1.807, 2.05) is 0 Å². The van der Waals surface area contributed by atoms with E-state index in [0.717, 1.165) is 32.1 Å². The molecule has 132 valence electrons. The van der Waals surface area contributed by atoms with Crippen molar-refractivity contribution in [3.8, 4) is 23.0 Å². The van der Waals surface area contributed by atoms with Crippen molar-refractivity contribution in [3.05, 3.63) is 47.3 Å². The summed E-state index contributed by atoms with van der Waals surface area (Å²) in [7, 11) is 1.09. The van der Waals surface area contributed by atoms with Crippen molar-refractivity contribution in [1.29, 1.82) is 0 Å². The highest BCUT2D eigenvalue weighted by atomic mass is 19.2. The van der Waals surface area contributed by atoms with Crippen molar-refractivity contribution >= 4 is 5.97 Å². The monoisotopic (exact) mass is 354 g/mol. The molecule has 0 aliphatic heterocycles. The smallest absolute Gasteiger partial charge is 0.342 e. The lowest BCUT2D eigenvalue weighted by Gasteiger charge is -2.15. The zero-order valence-electron chi connectivity index (χ0n) is 13.0. The molecule has 0 spiro atoms. The first kappa shape index (κ1) is 16.9. The number of carboxylic acids is 1. The van der Waals surface area contributed by atoms with E-state index in [1.165, 1.54) is 12.1 Å². The molecular formula is C17H13F3O5. The molecule has 3 rings (SSSR count). The number of rotatable bonds is 6. The van der Waals surface area contributed by atoms with Crippen LogP contribution in [-0.2, 0) is 0 Å². The van der Waals surface area contributed by atoms with Crippen LogP contribution < -0.4 is 14.2 Å². The fraction of sp³-hybridized carbons (Fsp3) is 0.235. The maximum atomic E-state index is 14.4. The van der Waals surface area contributed by atoms with Gasteiger partial charge in [-0.2, -0.15) is 4.39 Å². The molecule has 0 atom stereocenters. The van der Waals surface area contributed by atoms with Crippen LogP contribution >= 0.6 is 0 Å². The molecular weight excluding hydrogens is 341 g/mol. The Morgan fingerprint density at radius 2 is 1.68 bits per heavy atom. The molecule has 0 heterocycles. The van der Waals surface area contributed by atoms with E-state index in [4.69, 9.17) is 14.2 Å². The van der Waals surface area contributed by atoms with Gasteiger partial charge in [0.1, 0.15) is 11.3 Å². The number of hydrogen-bond acceptors (Lipinski definition) is 4. The molecule has 1 saturated carbocycles. The predicted molar refractivity (Wildman–Crippen MR) is 80.0 cm³/mol. The third kappa shape index (κ3) is 3.33. The predicted octanol–water partition coefficient (Wildman–Crippen LogP) is 4.14. The Morgan fingerprint density at radius 3 is 2.28 bits per heavy atom. The highest BCUT2D eigenvalue weighted by Crippen LogP contribution is 2.39. The number of aromatic carboxylic acids is 1. The maximum absolute atomic E-state index is 14.4. The van der Waals surface area contributed by atoms with Crippen molar-refractivity contribution in [2.75, 3.05) is 7.11 Å². The SMILES string of the molecule is COc1c(Oc2ccc(OC3CC3)c(F)c2C(=O)O)ccc(F)c1F. The van der Waals surface area contributed by atoms with Gasteiger partial charge in [-0.25, -0.2) is 13.6 Å². The van der Waals surface area contributed by atoms with Crippen molar-refractivity contribution < 1.29 is 37.3 Å². The molecule has 1 aliphatic rings. The van der Waals surface area contributed by atoms with E-state index in [0.29, 0.717) is 0 Å². The molecule has 0 radical (unpaired) electrons. The lowest BCUT2D eigenvalue weighted by atomic mass is 10.1. The molecule has 1 aliphatic carbocycles. The quantitative estimate of drug-likeness (QED) is 0.844. The summed E-state index contributed by atoms with van der Waals surface area (Å²) >= 11 is 0. The molecule has 0 aromatic heterocycles. The first-order chi connectivity index (χ1) is 11.9. The highest BCUT2D eigenvalue weighted by molar-refractivity contribution is 5.92. The molecule has 5 nitrogen and oxygen atoms in total. The van der Waals surface area contributed by atoms with Gasteiger partial charge >= 0.3 is 5.97 Å². The number of halogens is 3. The number of carbonyl (C=O) groups is 1. The lowest BCUT2D eigenvalue weighted by molar-refractivity contribution is 0.0687. The van der Waals surface area contributed by atoms with Gasteiger partial charge in [-0.05, 0) is 37.1 Å². The van der Waals surface area contributed by atoms with Crippen LogP contribution in [0.15, 0.2) is 24.3 Å². The van der Waals surface area contributed by atoms with Crippen LogP contribution in [0.1, 0.15) is 23.2 Å². The Labute approximate surface area is 140 Å². The van der Waals surface area contributed by atoms with Gasteiger partial charge in [-0.15, -0.1) is 0 Å². The summed E-state index contributed by atoms with van der Waals surface area (Å²) in [5.41, 5.74) is -0.773. The molecule has 25 heavy (non-hydrogen) atoms. The standard InChI is InChI=1S/C17H13F3O5/c1-23-16-12(5-4-9(18)14(16)19)25-10-6-7-11(24-8-2-3-8)15(20)13(10)17(21)22/h4-8H,2-3H2,1H3,(H,21,22). The molecule has 0 amide bonds. The van der Waals surface area contributed by atoms with Gasteiger partial charge in [-0.1, -0.05) is 0 Å². The summed E-state index contributed by atoms with van der Waals surface area (Å²) in [6.45, 7) is 0. The molecule has 1 fully saturated rings. The second-order valence-corrected chi connectivity index (χ2v) is 5.37. The first-order valence-corrected chi connectivity index (χ1v) is 7.34. The minimum atomic E-state index is -1.59. The van der Waals surface area contributed by atoms with E-state index in [1.54, 1.807) is 0 Å². The largest absolute Gasteiger partial charge is 0.490 e. The van der Waals surface area contributed by atoms with E-state index < -0.39 is 40.5 Å². The van der Waals surface area contributed by atoms with Gasteiger partial charge in [0.2, 0.25) is 11.6 Å². The van der Waals surface area contributed by atoms with Crippen LogP contribution in [0, 0.1) is 17.5 Å². The third-order valence-electron chi connectivity index (χ3n) is 3.54. The summed E-state index contributed by atoms with van der Waals surface area (Å²) in [4.78, 5) is 11.4. The van der Waals surface area contributed by atoms with E-state index in [-0.39, 0.29) is 17.6 Å². The van der Waals surface area contributed by atoms with Crippen molar-refractivity contribution in [2.24, 2.45) is 0 Å². The highest BCUT2D eigenvalue weighted by Gasteiger charge is 2.29. The molecule has 8 heteroatoms. The Hall–Kier alpha value is -2.90. The summed E-state index contributed by atoms with van der Waals surface area (Å²) in [6, 6.07) is 4.25. The first-order valence-electron chi connectivity index (χ1n) is 7.34. The van der Waals surface area contributed by atoms with Gasteiger partial charge in [0.05, 0.1) is 13.2 Å². The Balaban J connectivity index is 2.01. The van der Waals surface area contributed by atoms with Crippen LogP contribution in [0.2, 0.25) is 0 Å². The van der Waals surface area contributed by atoms with Crippen LogP contribution in [0.5, 0.6) is 23.0 Å². The fourth-order valence-corrected chi connectivity index (χ4v) is 2.18. The van der Waals surface area contributed by atoms with Gasteiger partial charge in [0.25, 0.3) is 0 Å². The number of benzene rings is 2. The van der Waals surface area contributed by atoms with Crippen molar-refractivity contribution in [1.82, 2.24) is 0 Å². The lowest BCUT2D eigenvalue weighted by Crippen LogP contribution is -2.08.